The van der Waals surface area contributed by atoms with Gasteiger partial charge in [-0.15, -0.1) is 0 Å². The molecule has 82 valence electrons. The Labute approximate surface area is 90.5 Å². The van der Waals surface area contributed by atoms with Gasteiger partial charge >= 0.3 is 5.97 Å². The predicted octanol–water partition coefficient (Wildman–Crippen LogP) is 1.01. The maximum Gasteiger partial charge on any atom is 0.341 e. The Morgan fingerprint density at radius 1 is 1.44 bits per heavy atom. The lowest BCUT2D eigenvalue weighted by molar-refractivity contribution is 0.0694. The van der Waals surface area contributed by atoms with Crippen LogP contribution in [0.4, 0.5) is 0 Å². The molecular formula is C11H9NO4. The number of hydrogen-bond acceptors (Lipinski definition) is 3. The molecule has 0 bridgehead atoms. The number of nitrogens with zero attached hydrogens (tertiary/aromatic N) is 1. The Bertz CT molecular complexity index is 615. The van der Waals surface area contributed by atoms with Gasteiger partial charge in [-0.2, -0.15) is 0 Å². The second-order valence-corrected chi connectivity index (χ2v) is 3.19. The molecule has 1 N–H and O–H groups in total. The molecule has 0 unspecified atom stereocenters. The fourth-order valence-electron chi connectivity index (χ4n) is 1.53. The highest BCUT2D eigenvalue weighted by molar-refractivity contribution is 5.88. The van der Waals surface area contributed by atoms with Gasteiger partial charge in [-0.25, -0.2) is 4.79 Å². The van der Waals surface area contributed by atoms with Crippen molar-refractivity contribution < 1.29 is 14.6 Å². The van der Waals surface area contributed by atoms with E-state index in [-0.39, 0.29) is 5.56 Å². The van der Waals surface area contributed by atoms with Crippen molar-refractivity contribution >= 4 is 11.5 Å². The van der Waals surface area contributed by atoms with Crippen LogP contribution in [0.15, 0.2) is 35.3 Å². The van der Waals surface area contributed by atoms with Gasteiger partial charge in [0.15, 0.2) is 0 Å². The normalized spacial score (nSPS) is 10.3. The van der Waals surface area contributed by atoms with E-state index in [1.807, 2.05) is 0 Å². The number of fused-ring (bicyclic) bond motifs is 1. The molecule has 16 heavy (non-hydrogen) atoms. The van der Waals surface area contributed by atoms with Gasteiger partial charge in [-0.05, 0) is 12.1 Å². The molecule has 0 aromatic carbocycles. The lowest BCUT2D eigenvalue weighted by atomic mass is 10.2. The highest BCUT2D eigenvalue weighted by atomic mass is 16.5. The van der Waals surface area contributed by atoms with Gasteiger partial charge in [-0.1, -0.05) is 6.07 Å². The maximum atomic E-state index is 11.8. The Balaban J connectivity index is 2.94. The first kappa shape index (κ1) is 10.2. The molecule has 0 atom stereocenters. The summed E-state index contributed by atoms with van der Waals surface area (Å²) in [6.45, 7) is 0. The number of methoxy groups -OCH3 is 1. The van der Waals surface area contributed by atoms with E-state index in [9.17, 15) is 9.59 Å². The van der Waals surface area contributed by atoms with E-state index in [0.29, 0.717) is 11.3 Å². The molecule has 5 heteroatoms. The van der Waals surface area contributed by atoms with E-state index in [4.69, 9.17) is 9.84 Å². The van der Waals surface area contributed by atoms with Crippen molar-refractivity contribution in [2.75, 3.05) is 7.11 Å². The largest absolute Gasteiger partial charge is 0.495 e. The molecule has 0 fully saturated rings. The zero-order valence-corrected chi connectivity index (χ0v) is 8.51. The van der Waals surface area contributed by atoms with E-state index in [0.717, 1.165) is 0 Å². The molecule has 0 aliphatic heterocycles. The van der Waals surface area contributed by atoms with Crippen LogP contribution in [0.25, 0.3) is 5.52 Å². The van der Waals surface area contributed by atoms with Gasteiger partial charge in [-0.3, -0.25) is 9.20 Å². The molecule has 0 amide bonds. The minimum absolute atomic E-state index is 0.305. The Hall–Kier alpha value is -2.30. The summed E-state index contributed by atoms with van der Waals surface area (Å²) in [6.07, 6.45) is 1.51. The van der Waals surface area contributed by atoms with Crippen molar-refractivity contribution in [3.8, 4) is 5.75 Å². The van der Waals surface area contributed by atoms with Crippen LogP contribution >= 0.6 is 0 Å². The molecule has 0 saturated heterocycles. The number of carbonyl (C=O) groups is 1. The third kappa shape index (κ3) is 1.42. The number of pyridine rings is 2. The van der Waals surface area contributed by atoms with Crippen LogP contribution in [0.2, 0.25) is 0 Å². The first-order valence-electron chi connectivity index (χ1n) is 4.57. The Morgan fingerprint density at radius 2 is 2.19 bits per heavy atom. The summed E-state index contributed by atoms with van der Waals surface area (Å²) in [7, 11) is 1.43. The Kier molecular flexibility index (Phi) is 2.36. The smallest absolute Gasteiger partial charge is 0.341 e. The summed E-state index contributed by atoms with van der Waals surface area (Å²) in [6, 6.07) is 6.32. The summed E-state index contributed by atoms with van der Waals surface area (Å²) in [5, 5.41) is 8.88. The Morgan fingerprint density at radius 3 is 2.81 bits per heavy atom. The number of rotatable bonds is 2. The molecule has 0 aliphatic carbocycles. The third-order valence-electron chi connectivity index (χ3n) is 2.29. The number of carboxylic acid groups (broad SMARTS) is 1. The van der Waals surface area contributed by atoms with Crippen molar-refractivity contribution in [3.05, 3.63) is 46.4 Å². The minimum atomic E-state index is -1.26. The first-order chi connectivity index (χ1) is 7.65. The van der Waals surface area contributed by atoms with Crippen molar-refractivity contribution in [1.29, 1.82) is 0 Å². The second-order valence-electron chi connectivity index (χ2n) is 3.19. The average Bonchev–Trinajstić information content (AvgIpc) is 2.29. The number of ether oxygens (including phenoxy) is 1. The average molecular weight is 219 g/mol. The summed E-state index contributed by atoms with van der Waals surface area (Å²) in [5.41, 5.74) is -0.329. The van der Waals surface area contributed by atoms with Gasteiger partial charge in [0.05, 0.1) is 12.6 Å². The van der Waals surface area contributed by atoms with Crippen LogP contribution in [-0.4, -0.2) is 22.6 Å². The van der Waals surface area contributed by atoms with Crippen molar-refractivity contribution in [2.45, 2.75) is 0 Å². The molecule has 5 nitrogen and oxygen atoms in total. The summed E-state index contributed by atoms with van der Waals surface area (Å²) >= 11 is 0. The zero-order valence-electron chi connectivity index (χ0n) is 8.51. The van der Waals surface area contributed by atoms with Crippen LogP contribution in [0, 0.1) is 0 Å². The summed E-state index contributed by atoms with van der Waals surface area (Å²) in [5.74, 6) is -0.904. The number of aromatic carboxylic acids is 1. The topological polar surface area (TPSA) is 68.0 Å². The van der Waals surface area contributed by atoms with Gasteiger partial charge < -0.3 is 9.84 Å². The van der Waals surface area contributed by atoms with Crippen LogP contribution in [0.3, 0.4) is 0 Å². The molecule has 0 aliphatic rings. The van der Waals surface area contributed by atoms with Gasteiger partial charge in [0.1, 0.15) is 11.3 Å². The minimum Gasteiger partial charge on any atom is -0.495 e. The highest BCUT2D eigenvalue weighted by Crippen LogP contribution is 2.18. The van der Waals surface area contributed by atoms with Crippen LogP contribution in [-0.2, 0) is 0 Å². The predicted molar refractivity (Wildman–Crippen MR) is 57.2 cm³/mol. The monoisotopic (exact) mass is 219 g/mol. The van der Waals surface area contributed by atoms with Gasteiger partial charge in [0, 0.05) is 12.3 Å². The van der Waals surface area contributed by atoms with Crippen molar-refractivity contribution in [2.24, 2.45) is 0 Å². The lowest BCUT2D eigenvalue weighted by Gasteiger charge is -2.07. The van der Waals surface area contributed by atoms with Gasteiger partial charge in [0.2, 0.25) is 0 Å². The number of hydrogen-bond donors (Lipinski definition) is 1. The molecule has 0 spiro atoms. The van der Waals surface area contributed by atoms with E-state index < -0.39 is 11.5 Å². The van der Waals surface area contributed by atoms with E-state index in [2.05, 4.69) is 0 Å². The highest BCUT2D eigenvalue weighted by Gasteiger charge is 2.14. The van der Waals surface area contributed by atoms with Gasteiger partial charge in [0.25, 0.3) is 5.56 Å². The molecule has 2 rings (SSSR count). The second kappa shape index (κ2) is 3.69. The quantitative estimate of drug-likeness (QED) is 0.818. The van der Waals surface area contributed by atoms with E-state index in [1.165, 1.54) is 23.8 Å². The van der Waals surface area contributed by atoms with E-state index >= 15 is 0 Å². The fourth-order valence-corrected chi connectivity index (χ4v) is 1.53. The standard InChI is InChI=1S/C11H9NO4/c1-16-9-6-7(11(14)15)10(13)12-5-3-2-4-8(9)12/h2-6H,1H3,(H,14,15). The molecule has 2 heterocycles. The SMILES string of the molecule is COc1cc(C(=O)O)c(=O)n2ccccc12. The lowest BCUT2D eigenvalue weighted by Crippen LogP contribution is -2.22. The molecule has 0 radical (unpaired) electrons. The fraction of sp³-hybridized carbons (Fsp3) is 0.0909. The van der Waals surface area contributed by atoms with Crippen LogP contribution in [0.1, 0.15) is 10.4 Å². The number of carboxylic acids is 1. The summed E-state index contributed by atoms with van der Waals surface area (Å²) in [4.78, 5) is 22.6. The number of aromatic nitrogens is 1. The zero-order chi connectivity index (χ0) is 11.7. The van der Waals surface area contributed by atoms with Crippen molar-refractivity contribution in [3.63, 3.8) is 0 Å². The third-order valence-corrected chi connectivity index (χ3v) is 2.29. The maximum absolute atomic E-state index is 11.8. The van der Waals surface area contributed by atoms with E-state index in [1.54, 1.807) is 18.2 Å². The van der Waals surface area contributed by atoms with Crippen molar-refractivity contribution in [1.82, 2.24) is 4.40 Å². The molecule has 2 aromatic heterocycles. The van der Waals surface area contributed by atoms with Crippen LogP contribution < -0.4 is 10.3 Å². The first-order valence-corrected chi connectivity index (χ1v) is 4.57. The molecule has 0 saturated carbocycles. The van der Waals surface area contributed by atoms with Crippen LogP contribution in [0.5, 0.6) is 5.75 Å². The molecule has 2 aromatic rings. The molecular weight excluding hydrogens is 210 g/mol. The summed E-state index contributed by atoms with van der Waals surface area (Å²) < 4.78 is 6.30.